The van der Waals surface area contributed by atoms with Crippen LogP contribution in [0.3, 0.4) is 0 Å². The molecular weight excluding hydrogens is 338 g/mol. The van der Waals surface area contributed by atoms with Gasteiger partial charge in [0.05, 0.1) is 5.39 Å². The molecule has 5 heteroatoms. The molecular formula is C22H25N3O2. The van der Waals surface area contributed by atoms with Crippen LogP contribution < -0.4 is 5.32 Å². The number of benzene rings is 2. The van der Waals surface area contributed by atoms with E-state index < -0.39 is 0 Å². The fourth-order valence-corrected chi connectivity index (χ4v) is 3.72. The summed E-state index contributed by atoms with van der Waals surface area (Å²) < 4.78 is 5.52. The van der Waals surface area contributed by atoms with Crippen molar-refractivity contribution in [2.24, 2.45) is 5.92 Å². The van der Waals surface area contributed by atoms with Crippen LogP contribution in [0.2, 0.25) is 0 Å². The lowest BCUT2D eigenvalue weighted by molar-refractivity contribution is 0.0949. The Bertz CT molecular complexity index is 912. The molecule has 1 N–H and O–H groups in total. The predicted octanol–water partition coefficient (Wildman–Crippen LogP) is 3.96. The Morgan fingerprint density at radius 3 is 2.74 bits per heavy atom. The van der Waals surface area contributed by atoms with Crippen molar-refractivity contribution in [2.75, 3.05) is 26.7 Å². The van der Waals surface area contributed by atoms with Gasteiger partial charge in [0, 0.05) is 17.7 Å². The molecule has 0 saturated carbocycles. The van der Waals surface area contributed by atoms with Crippen LogP contribution in [0.4, 0.5) is 0 Å². The molecule has 1 aromatic heterocycles. The van der Waals surface area contributed by atoms with Gasteiger partial charge in [-0.15, -0.1) is 0 Å². The third-order valence-corrected chi connectivity index (χ3v) is 5.45. The van der Waals surface area contributed by atoms with Gasteiger partial charge in [0.2, 0.25) is 0 Å². The number of nitrogens with one attached hydrogen (secondary N) is 1. The standard InChI is InChI=1S/C22H25N3O2/c1-25-13-10-16(11-14-25)9-12-23-22(26)18-7-8-20-19(15-18)21(27-24-20)17-5-3-2-4-6-17/h2-8,15-16H,9-14H2,1H3,(H,23,26). The molecule has 2 heterocycles. The smallest absolute Gasteiger partial charge is 0.251 e. The topological polar surface area (TPSA) is 58.4 Å². The van der Waals surface area contributed by atoms with Crippen LogP contribution in [0.25, 0.3) is 22.2 Å². The molecule has 0 unspecified atom stereocenters. The van der Waals surface area contributed by atoms with E-state index in [1.54, 1.807) is 0 Å². The van der Waals surface area contributed by atoms with Gasteiger partial charge in [-0.05, 0) is 63.5 Å². The second-order valence-electron chi connectivity index (χ2n) is 7.40. The zero-order valence-corrected chi connectivity index (χ0v) is 15.6. The summed E-state index contributed by atoms with van der Waals surface area (Å²) in [5, 5.41) is 8.05. The Kier molecular flexibility index (Phi) is 5.21. The van der Waals surface area contributed by atoms with Crippen molar-refractivity contribution in [3.63, 3.8) is 0 Å². The van der Waals surface area contributed by atoms with Crippen LogP contribution in [0, 0.1) is 5.92 Å². The molecule has 0 spiro atoms. The number of carbonyl (C=O) groups is 1. The van der Waals surface area contributed by atoms with Gasteiger partial charge in [0.1, 0.15) is 5.52 Å². The number of hydrogen-bond acceptors (Lipinski definition) is 4. The molecule has 0 bridgehead atoms. The van der Waals surface area contributed by atoms with Gasteiger partial charge in [-0.3, -0.25) is 4.79 Å². The van der Waals surface area contributed by atoms with Gasteiger partial charge in [0.25, 0.3) is 5.91 Å². The summed E-state index contributed by atoms with van der Waals surface area (Å²) >= 11 is 0. The highest BCUT2D eigenvalue weighted by Crippen LogP contribution is 2.29. The first-order chi connectivity index (χ1) is 13.2. The maximum Gasteiger partial charge on any atom is 0.251 e. The third kappa shape index (κ3) is 4.03. The summed E-state index contributed by atoms with van der Waals surface area (Å²) in [6.07, 6.45) is 3.49. The fraction of sp³-hybridized carbons (Fsp3) is 0.364. The van der Waals surface area contributed by atoms with Crippen LogP contribution in [-0.4, -0.2) is 42.6 Å². The number of aromatic nitrogens is 1. The highest BCUT2D eigenvalue weighted by Gasteiger charge is 2.17. The van der Waals surface area contributed by atoms with Gasteiger partial charge in [0.15, 0.2) is 5.76 Å². The van der Waals surface area contributed by atoms with Gasteiger partial charge in [-0.25, -0.2) is 0 Å². The first-order valence-electron chi connectivity index (χ1n) is 9.62. The first-order valence-corrected chi connectivity index (χ1v) is 9.62. The number of carbonyl (C=O) groups excluding carboxylic acids is 1. The quantitative estimate of drug-likeness (QED) is 0.745. The molecule has 140 valence electrons. The summed E-state index contributed by atoms with van der Waals surface area (Å²) in [6, 6.07) is 15.4. The molecule has 1 amide bonds. The molecule has 5 nitrogen and oxygen atoms in total. The molecule has 0 radical (unpaired) electrons. The van der Waals surface area contributed by atoms with Crippen LogP contribution >= 0.6 is 0 Å². The minimum atomic E-state index is -0.0370. The van der Waals surface area contributed by atoms with Crippen LogP contribution in [-0.2, 0) is 0 Å². The number of nitrogens with zero attached hydrogens (tertiary/aromatic N) is 2. The lowest BCUT2D eigenvalue weighted by Gasteiger charge is -2.28. The molecule has 1 saturated heterocycles. The highest BCUT2D eigenvalue weighted by molar-refractivity contribution is 6.00. The molecule has 4 rings (SSSR count). The molecule has 1 fully saturated rings. The number of likely N-dealkylation sites (tertiary alicyclic amines) is 1. The molecule has 0 atom stereocenters. The Morgan fingerprint density at radius 2 is 1.96 bits per heavy atom. The van der Waals surface area contributed by atoms with Crippen molar-refractivity contribution in [3.05, 3.63) is 54.1 Å². The van der Waals surface area contributed by atoms with Crippen molar-refractivity contribution in [3.8, 4) is 11.3 Å². The van der Waals surface area contributed by atoms with Crippen molar-refractivity contribution < 1.29 is 9.32 Å². The third-order valence-electron chi connectivity index (χ3n) is 5.45. The van der Waals surface area contributed by atoms with Gasteiger partial charge in [-0.2, -0.15) is 0 Å². The first kappa shape index (κ1) is 17.7. The molecule has 1 aliphatic rings. The van der Waals surface area contributed by atoms with E-state index in [1.807, 2.05) is 48.5 Å². The average molecular weight is 363 g/mol. The van der Waals surface area contributed by atoms with Gasteiger partial charge < -0.3 is 14.7 Å². The number of amides is 1. The van der Waals surface area contributed by atoms with Crippen molar-refractivity contribution >= 4 is 16.8 Å². The van der Waals surface area contributed by atoms with E-state index in [1.165, 1.54) is 12.8 Å². The predicted molar refractivity (Wildman–Crippen MR) is 107 cm³/mol. The number of piperidine rings is 1. The Hall–Kier alpha value is -2.66. The van der Waals surface area contributed by atoms with E-state index in [-0.39, 0.29) is 5.91 Å². The fourth-order valence-electron chi connectivity index (χ4n) is 3.72. The van der Waals surface area contributed by atoms with E-state index in [2.05, 4.69) is 22.4 Å². The maximum atomic E-state index is 12.6. The van der Waals surface area contributed by atoms with E-state index in [9.17, 15) is 4.79 Å². The summed E-state index contributed by atoms with van der Waals surface area (Å²) in [6.45, 7) is 3.04. The Labute approximate surface area is 159 Å². The molecule has 3 aromatic rings. The Morgan fingerprint density at radius 1 is 1.19 bits per heavy atom. The second kappa shape index (κ2) is 7.92. The normalized spacial score (nSPS) is 15.9. The SMILES string of the molecule is CN1CCC(CCNC(=O)c2ccc3noc(-c4ccccc4)c3c2)CC1. The molecule has 1 aliphatic heterocycles. The van der Waals surface area contributed by atoms with E-state index >= 15 is 0 Å². The summed E-state index contributed by atoms with van der Waals surface area (Å²) in [7, 11) is 2.17. The molecule has 0 aliphatic carbocycles. The summed E-state index contributed by atoms with van der Waals surface area (Å²) in [5.74, 6) is 1.38. The Balaban J connectivity index is 1.43. The maximum absolute atomic E-state index is 12.6. The van der Waals surface area contributed by atoms with Gasteiger partial charge in [-0.1, -0.05) is 35.5 Å². The highest BCUT2D eigenvalue weighted by atomic mass is 16.5. The van der Waals surface area contributed by atoms with E-state index in [0.29, 0.717) is 17.2 Å². The van der Waals surface area contributed by atoms with Crippen molar-refractivity contribution in [1.29, 1.82) is 0 Å². The van der Waals surface area contributed by atoms with E-state index in [0.717, 1.165) is 42.5 Å². The van der Waals surface area contributed by atoms with Crippen LogP contribution in [0.15, 0.2) is 53.1 Å². The summed E-state index contributed by atoms with van der Waals surface area (Å²) in [5.41, 5.74) is 2.36. The number of hydrogen-bond donors (Lipinski definition) is 1. The van der Waals surface area contributed by atoms with Crippen molar-refractivity contribution in [2.45, 2.75) is 19.3 Å². The monoisotopic (exact) mass is 363 g/mol. The number of rotatable bonds is 5. The van der Waals surface area contributed by atoms with Crippen molar-refractivity contribution in [1.82, 2.24) is 15.4 Å². The lowest BCUT2D eigenvalue weighted by atomic mass is 9.94. The van der Waals surface area contributed by atoms with E-state index in [4.69, 9.17) is 4.52 Å². The zero-order valence-electron chi connectivity index (χ0n) is 15.6. The second-order valence-corrected chi connectivity index (χ2v) is 7.40. The van der Waals surface area contributed by atoms with Gasteiger partial charge >= 0.3 is 0 Å². The minimum Gasteiger partial charge on any atom is -0.355 e. The van der Waals surface area contributed by atoms with Crippen LogP contribution in [0.1, 0.15) is 29.6 Å². The molecule has 2 aromatic carbocycles. The number of fused-ring (bicyclic) bond motifs is 1. The minimum absolute atomic E-state index is 0.0370. The zero-order chi connectivity index (χ0) is 18.6. The lowest BCUT2D eigenvalue weighted by Crippen LogP contribution is -2.32. The largest absolute Gasteiger partial charge is 0.355 e. The summed E-state index contributed by atoms with van der Waals surface area (Å²) in [4.78, 5) is 15.0. The molecule has 27 heavy (non-hydrogen) atoms. The van der Waals surface area contributed by atoms with Crippen LogP contribution in [0.5, 0.6) is 0 Å². The average Bonchev–Trinajstić information content (AvgIpc) is 3.13.